The van der Waals surface area contributed by atoms with Gasteiger partial charge in [0.2, 0.25) is 10.0 Å². The van der Waals surface area contributed by atoms with Crippen molar-refractivity contribution in [3.63, 3.8) is 0 Å². The SMILES string of the molecule is Cc1[nH]ncc1S(=O)(=O)N1CCC2CCCCC2C1. The van der Waals surface area contributed by atoms with E-state index in [0.29, 0.717) is 29.6 Å². The second-order valence-corrected chi connectivity index (χ2v) is 7.72. The first kappa shape index (κ1) is 13.1. The van der Waals surface area contributed by atoms with Crippen LogP contribution in [0.3, 0.4) is 0 Å². The summed E-state index contributed by atoms with van der Waals surface area (Å²) < 4.78 is 26.9. The number of aromatic nitrogens is 2. The van der Waals surface area contributed by atoms with Crippen LogP contribution < -0.4 is 0 Å². The highest BCUT2D eigenvalue weighted by atomic mass is 32.2. The number of aryl methyl sites for hydroxylation is 1. The highest BCUT2D eigenvalue weighted by Crippen LogP contribution is 2.37. The molecule has 0 spiro atoms. The zero-order valence-corrected chi connectivity index (χ0v) is 12.1. The van der Waals surface area contributed by atoms with Gasteiger partial charge in [0.1, 0.15) is 4.90 Å². The lowest BCUT2D eigenvalue weighted by molar-refractivity contribution is 0.136. The normalized spacial score (nSPS) is 29.1. The summed E-state index contributed by atoms with van der Waals surface area (Å²) in [6, 6.07) is 0. The molecule has 0 amide bonds. The van der Waals surface area contributed by atoms with Gasteiger partial charge in [0.15, 0.2) is 0 Å². The molecule has 19 heavy (non-hydrogen) atoms. The van der Waals surface area contributed by atoms with E-state index in [-0.39, 0.29) is 0 Å². The Balaban J connectivity index is 1.81. The Labute approximate surface area is 114 Å². The summed E-state index contributed by atoms with van der Waals surface area (Å²) in [7, 11) is -3.36. The maximum absolute atomic E-state index is 12.6. The van der Waals surface area contributed by atoms with Crippen molar-refractivity contribution in [2.24, 2.45) is 11.8 Å². The van der Waals surface area contributed by atoms with Crippen molar-refractivity contribution in [1.29, 1.82) is 0 Å². The van der Waals surface area contributed by atoms with E-state index in [1.165, 1.54) is 31.9 Å². The van der Waals surface area contributed by atoms with E-state index >= 15 is 0 Å². The summed E-state index contributed by atoms with van der Waals surface area (Å²) in [5, 5.41) is 6.55. The predicted octanol–water partition coefficient (Wildman–Crippen LogP) is 1.92. The number of sulfonamides is 1. The molecule has 0 aromatic carbocycles. The maximum Gasteiger partial charge on any atom is 0.246 e. The molecule has 0 bridgehead atoms. The Kier molecular flexibility index (Phi) is 3.39. The second-order valence-electron chi connectivity index (χ2n) is 5.82. The van der Waals surface area contributed by atoms with Gasteiger partial charge in [-0.15, -0.1) is 0 Å². The molecule has 2 unspecified atom stereocenters. The monoisotopic (exact) mass is 283 g/mol. The topological polar surface area (TPSA) is 66.1 Å². The van der Waals surface area contributed by atoms with Gasteiger partial charge in [0.25, 0.3) is 0 Å². The van der Waals surface area contributed by atoms with Crippen LogP contribution in [0, 0.1) is 18.8 Å². The van der Waals surface area contributed by atoms with Gasteiger partial charge >= 0.3 is 0 Å². The summed E-state index contributed by atoms with van der Waals surface area (Å²) in [4.78, 5) is 0.335. The van der Waals surface area contributed by atoms with E-state index < -0.39 is 10.0 Å². The minimum atomic E-state index is -3.36. The molecular formula is C13H21N3O2S. The quantitative estimate of drug-likeness (QED) is 0.901. The first-order valence-corrected chi connectivity index (χ1v) is 8.53. The van der Waals surface area contributed by atoms with E-state index in [2.05, 4.69) is 10.2 Å². The van der Waals surface area contributed by atoms with E-state index in [1.54, 1.807) is 11.2 Å². The van der Waals surface area contributed by atoms with Crippen LogP contribution in [0.15, 0.2) is 11.1 Å². The molecule has 2 aliphatic rings. The fourth-order valence-electron chi connectivity index (χ4n) is 3.52. The molecule has 1 aliphatic carbocycles. The van der Waals surface area contributed by atoms with Crippen LogP contribution >= 0.6 is 0 Å². The van der Waals surface area contributed by atoms with E-state index in [4.69, 9.17) is 0 Å². The Hall–Kier alpha value is -0.880. The standard InChI is InChI=1S/C13H21N3O2S/c1-10-13(8-14-15-10)19(17,18)16-7-6-11-4-2-3-5-12(11)9-16/h8,11-12H,2-7,9H2,1H3,(H,14,15). The van der Waals surface area contributed by atoms with Crippen molar-refractivity contribution in [3.8, 4) is 0 Å². The lowest BCUT2D eigenvalue weighted by Crippen LogP contribution is -2.44. The Bertz CT molecular complexity index is 552. The Morgan fingerprint density at radius 3 is 2.68 bits per heavy atom. The fraction of sp³-hybridized carbons (Fsp3) is 0.769. The van der Waals surface area contributed by atoms with Crippen LogP contribution in [0.4, 0.5) is 0 Å². The minimum absolute atomic E-state index is 0.335. The number of fused-ring (bicyclic) bond motifs is 1. The van der Waals surface area contributed by atoms with Crippen LogP contribution in [-0.4, -0.2) is 36.0 Å². The van der Waals surface area contributed by atoms with Crippen molar-refractivity contribution in [2.45, 2.75) is 43.9 Å². The van der Waals surface area contributed by atoms with Crippen LogP contribution in [0.1, 0.15) is 37.8 Å². The largest absolute Gasteiger partial charge is 0.281 e. The summed E-state index contributed by atoms with van der Waals surface area (Å²) in [5.41, 5.74) is 0.630. The summed E-state index contributed by atoms with van der Waals surface area (Å²) in [5.74, 6) is 1.30. The number of piperidine rings is 1. The summed E-state index contributed by atoms with van der Waals surface area (Å²) >= 11 is 0. The average Bonchev–Trinajstić information content (AvgIpc) is 2.85. The average molecular weight is 283 g/mol. The van der Waals surface area contributed by atoms with Gasteiger partial charge in [-0.2, -0.15) is 9.40 Å². The third kappa shape index (κ3) is 2.31. The fourth-order valence-corrected chi connectivity index (χ4v) is 5.15. The molecule has 1 N–H and O–H groups in total. The molecule has 3 rings (SSSR count). The van der Waals surface area contributed by atoms with Gasteiger partial charge in [-0.1, -0.05) is 19.3 Å². The summed E-state index contributed by atoms with van der Waals surface area (Å²) in [6.07, 6.45) is 7.47. The highest BCUT2D eigenvalue weighted by molar-refractivity contribution is 7.89. The number of hydrogen-bond donors (Lipinski definition) is 1. The third-order valence-electron chi connectivity index (χ3n) is 4.66. The molecule has 1 saturated carbocycles. The van der Waals surface area contributed by atoms with Crippen LogP contribution in [-0.2, 0) is 10.0 Å². The number of hydrogen-bond acceptors (Lipinski definition) is 3. The van der Waals surface area contributed by atoms with E-state index in [0.717, 1.165) is 12.3 Å². The highest BCUT2D eigenvalue weighted by Gasteiger charge is 2.37. The third-order valence-corrected chi connectivity index (χ3v) is 6.63. The zero-order valence-electron chi connectivity index (χ0n) is 11.3. The molecule has 2 fully saturated rings. The van der Waals surface area contributed by atoms with Gasteiger partial charge in [0.05, 0.1) is 11.9 Å². The van der Waals surface area contributed by atoms with Crippen molar-refractivity contribution in [2.75, 3.05) is 13.1 Å². The smallest absolute Gasteiger partial charge is 0.246 e. The van der Waals surface area contributed by atoms with Crippen LogP contribution in [0.2, 0.25) is 0 Å². The van der Waals surface area contributed by atoms with Crippen LogP contribution in [0.25, 0.3) is 0 Å². The lowest BCUT2D eigenvalue weighted by atomic mass is 9.76. The molecule has 5 nitrogen and oxygen atoms in total. The second kappa shape index (κ2) is 4.90. The first-order valence-electron chi connectivity index (χ1n) is 7.09. The molecule has 6 heteroatoms. The van der Waals surface area contributed by atoms with Gasteiger partial charge in [-0.3, -0.25) is 5.10 Å². The van der Waals surface area contributed by atoms with Gasteiger partial charge in [0, 0.05) is 13.1 Å². The molecule has 1 aliphatic heterocycles. The van der Waals surface area contributed by atoms with Crippen molar-refractivity contribution < 1.29 is 8.42 Å². The summed E-state index contributed by atoms with van der Waals surface area (Å²) in [6.45, 7) is 3.11. The molecular weight excluding hydrogens is 262 g/mol. The number of rotatable bonds is 2. The molecule has 2 heterocycles. The number of aromatic amines is 1. The number of H-pyrrole nitrogens is 1. The number of nitrogens with one attached hydrogen (secondary N) is 1. The van der Waals surface area contributed by atoms with Crippen molar-refractivity contribution in [1.82, 2.24) is 14.5 Å². The van der Waals surface area contributed by atoms with Gasteiger partial charge in [-0.05, 0) is 31.6 Å². The predicted molar refractivity (Wildman–Crippen MR) is 72.1 cm³/mol. The van der Waals surface area contributed by atoms with Crippen LogP contribution in [0.5, 0.6) is 0 Å². The molecule has 0 radical (unpaired) electrons. The molecule has 1 saturated heterocycles. The zero-order chi connectivity index (χ0) is 13.5. The number of nitrogens with zero attached hydrogens (tertiary/aromatic N) is 2. The Morgan fingerprint density at radius 2 is 2.00 bits per heavy atom. The molecule has 1 aromatic rings. The van der Waals surface area contributed by atoms with Gasteiger partial charge < -0.3 is 0 Å². The minimum Gasteiger partial charge on any atom is -0.281 e. The first-order chi connectivity index (χ1) is 9.09. The van der Waals surface area contributed by atoms with Gasteiger partial charge in [-0.25, -0.2) is 8.42 Å². The van der Waals surface area contributed by atoms with E-state index in [9.17, 15) is 8.42 Å². The lowest BCUT2D eigenvalue weighted by Gasteiger charge is -2.40. The molecule has 1 aromatic heterocycles. The van der Waals surface area contributed by atoms with Crippen molar-refractivity contribution in [3.05, 3.63) is 11.9 Å². The van der Waals surface area contributed by atoms with E-state index in [1.807, 2.05) is 0 Å². The van der Waals surface area contributed by atoms with Crippen molar-refractivity contribution >= 4 is 10.0 Å². The molecule has 2 atom stereocenters. The molecule has 106 valence electrons. The maximum atomic E-state index is 12.6. The Morgan fingerprint density at radius 1 is 1.26 bits per heavy atom.